The van der Waals surface area contributed by atoms with Gasteiger partial charge in [-0.2, -0.15) is 0 Å². The Morgan fingerprint density at radius 2 is 1.95 bits per heavy atom. The molecule has 1 unspecified atom stereocenters. The zero-order chi connectivity index (χ0) is 14.6. The summed E-state index contributed by atoms with van der Waals surface area (Å²) in [5.41, 5.74) is 1.44. The van der Waals surface area contributed by atoms with Gasteiger partial charge in [-0.25, -0.2) is 4.79 Å². The zero-order valence-electron chi connectivity index (χ0n) is 11.9. The number of hydrogen-bond acceptors (Lipinski definition) is 2. The van der Waals surface area contributed by atoms with Crippen molar-refractivity contribution in [2.45, 2.75) is 40.2 Å². The lowest BCUT2D eigenvalue weighted by Crippen LogP contribution is -2.49. The van der Waals surface area contributed by atoms with Crippen molar-refractivity contribution >= 4 is 11.9 Å². The van der Waals surface area contributed by atoms with Crippen LogP contribution in [0.3, 0.4) is 0 Å². The van der Waals surface area contributed by atoms with Crippen LogP contribution in [0.4, 0.5) is 0 Å². The summed E-state index contributed by atoms with van der Waals surface area (Å²) in [6, 6.07) is 6.74. The molecule has 0 aliphatic rings. The van der Waals surface area contributed by atoms with E-state index in [9.17, 15) is 9.59 Å². The smallest absolute Gasteiger partial charge is 0.326 e. The average molecular weight is 263 g/mol. The van der Waals surface area contributed by atoms with Crippen LogP contribution in [-0.2, 0) is 16.0 Å². The Morgan fingerprint density at radius 3 is 2.42 bits per heavy atom. The molecule has 1 atom stereocenters. The minimum atomic E-state index is -1.01. The summed E-state index contributed by atoms with van der Waals surface area (Å²) < 4.78 is 0. The van der Waals surface area contributed by atoms with Crippen molar-refractivity contribution < 1.29 is 14.7 Å². The van der Waals surface area contributed by atoms with Gasteiger partial charge >= 0.3 is 5.97 Å². The van der Waals surface area contributed by atoms with Crippen LogP contribution in [-0.4, -0.2) is 23.0 Å². The van der Waals surface area contributed by atoms with Crippen LogP contribution in [0, 0.1) is 12.3 Å². The molecule has 0 aromatic heterocycles. The number of carboxylic acids is 1. The van der Waals surface area contributed by atoms with E-state index < -0.39 is 17.4 Å². The quantitative estimate of drug-likeness (QED) is 0.874. The van der Waals surface area contributed by atoms with Gasteiger partial charge in [0.2, 0.25) is 5.91 Å². The second-order valence-electron chi connectivity index (χ2n) is 5.87. The molecular formula is C15H21NO3. The Hall–Kier alpha value is -1.84. The van der Waals surface area contributed by atoms with Crippen molar-refractivity contribution in [3.63, 3.8) is 0 Å². The van der Waals surface area contributed by atoms with E-state index in [2.05, 4.69) is 5.32 Å². The molecule has 0 bridgehead atoms. The van der Waals surface area contributed by atoms with Gasteiger partial charge in [0.25, 0.3) is 0 Å². The molecule has 1 aromatic rings. The standard InChI is InChI=1S/C15H21NO3/c1-10-6-5-7-11(8-10)9-12(17)16-13(14(18)19)15(2,3)4/h5-8,13H,9H2,1-4H3,(H,16,17)(H,18,19). The van der Waals surface area contributed by atoms with Gasteiger partial charge in [-0.3, -0.25) is 4.79 Å². The first-order chi connectivity index (χ1) is 8.70. The van der Waals surface area contributed by atoms with Crippen molar-refractivity contribution in [3.05, 3.63) is 35.4 Å². The van der Waals surface area contributed by atoms with Gasteiger partial charge < -0.3 is 10.4 Å². The molecule has 1 rings (SSSR count). The van der Waals surface area contributed by atoms with E-state index in [-0.39, 0.29) is 12.3 Å². The third-order valence-electron chi connectivity index (χ3n) is 2.87. The van der Waals surface area contributed by atoms with E-state index in [1.54, 1.807) is 20.8 Å². The first-order valence-electron chi connectivity index (χ1n) is 6.28. The highest BCUT2D eigenvalue weighted by Crippen LogP contribution is 2.19. The second-order valence-corrected chi connectivity index (χ2v) is 5.87. The number of rotatable bonds is 4. The molecule has 2 N–H and O–H groups in total. The van der Waals surface area contributed by atoms with Crippen molar-refractivity contribution in [2.75, 3.05) is 0 Å². The number of aryl methyl sites for hydroxylation is 1. The molecule has 0 saturated carbocycles. The Morgan fingerprint density at radius 1 is 1.32 bits per heavy atom. The highest BCUT2D eigenvalue weighted by molar-refractivity contribution is 5.85. The molecule has 104 valence electrons. The Kier molecular flexibility index (Phi) is 4.70. The number of carboxylic acid groups (broad SMARTS) is 1. The van der Waals surface area contributed by atoms with Crippen LogP contribution in [0.15, 0.2) is 24.3 Å². The average Bonchev–Trinajstić information content (AvgIpc) is 2.24. The number of hydrogen-bond donors (Lipinski definition) is 2. The van der Waals surface area contributed by atoms with Crippen LogP contribution in [0.5, 0.6) is 0 Å². The molecule has 1 amide bonds. The number of carbonyl (C=O) groups is 2. The molecule has 0 aliphatic carbocycles. The molecule has 19 heavy (non-hydrogen) atoms. The van der Waals surface area contributed by atoms with Crippen molar-refractivity contribution in [1.82, 2.24) is 5.32 Å². The van der Waals surface area contributed by atoms with Crippen molar-refractivity contribution in [1.29, 1.82) is 0 Å². The van der Waals surface area contributed by atoms with Gasteiger partial charge in [0.15, 0.2) is 0 Å². The molecule has 4 heteroatoms. The van der Waals surface area contributed by atoms with Gasteiger partial charge in [0.1, 0.15) is 6.04 Å². The summed E-state index contributed by atoms with van der Waals surface area (Å²) >= 11 is 0. The maximum atomic E-state index is 11.9. The molecule has 4 nitrogen and oxygen atoms in total. The Labute approximate surface area is 113 Å². The van der Waals surface area contributed by atoms with Crippen LogP contribution in [0.2, 0.25) is 0 Å². The van der Waals surface area contributed by atoms with E-state index in [0.717, 1.165) is 11.1 Å². The lowest BCUT2D eigenvalue weighted by Gasteiger charge is -2.27. The van der Waals surface area contributed by atoms with Crippen molar-refractivity contribution in [2.24, 2.45) is 5.41 Å². The zero-order valence-corrected chi connectivity index (χ0v) is 11.9. The molecule has 0 heterocycles. The highest BCUT2D eigenvalue weighted by atomic mass is 16.4. The number of aliphatic carboxylic acids is 1. The number of amides is 1. The Balaban J connectivity index is 2.71. The Bertz CT molecular complexity index is 475. The summed E-state index contributed by atoms with van der Waals surface area (Å²) in [7, 11) is 0. The van der Waals surface area contributed by atoms with Crippen LogP contribution in [0.25, 0.3) is 0 Å². The predicted molar refractivity (Wildman–Crippen MR) is 73.9 cm³/mol. The second kappa shape index (κ2) is 5.87. The maximum absolute atomic E-state index is 11.9. The maximum Gasteiger partial charge on any atom is 0.326 e. The largest absolute Gasteiger partial charge is 0.480 e. The lowest BCUT2D eigenvalue weighted by atomic mass is 9.86. The third-order valence-corrected chi connectivity index (χ3v) is 2.87. The van der Waals surface area contributed by atoms with E-state index in [1.165, 1.54) is 0 Å². The molecule has 0 spiro atoms. The number of carbonyl (C=O) groups excluding carboxylic acids is 1. The summed E-state index contributed by atoms with van der Waals surface area (Å²) in [4.78, 5) is 23.1. The topological polar surface area (TPSA) is 66.4 Å². The molecule has 0 saturated heterocycles. The van der Waals surface area contributed by atoms with E-state index >= 15 is 0 Å². The molecule has 1 aromatic carbocycles. The van der Waals surface area contributed by atoms with Crippen LogP contribution >= 0.6 is 0 Å². The predicted octanol–water partition coefficient (Wildman–Crippen LogP) is 2.15. The fourth-order valence-electron chi connectivity index (χ4n) is 1.87. The molecule has 0 radical (unpaired) electrons. The van der Waals surface area contributed by atoms with Crippen LogP contribution < -0.4 is 5.32 Å². The summed E-state index contributed by atoms with van der Waals surface area (Å²) in [5.74, 6) is -1.28. The minimum Gasteiger partial charge on any atom is -0.480 e. The van der Waals surface area contributed by atoms with E-state index in [4.69, 9.17) is 5.11 Å². The van der Waals surface area contributed by atoms with Gasteiger partial charge in [0, 0.05) is 0 Å². The van der Waals surface area contributed by atoms with Gasteiger partial charge in [0.05, 0.1) is 6.42 Å². The SMILES string of the molecule is Cc1cccc(CC(=O)NC(C(=O)O)C(C)(C)C)c1. The lowest BCUT2D eigenvalue weighted by molar-refractivity contribution is -0.144. The first kappa shape index (κ1) is 15.2. The molecule has 0 fully saturated rings. The van der Waals surface area contributed by atoms with Gasteiger partial charge in [-0.15, -0.1) is 0 Å². The van der Waals surface area contributed by atoms with Gasteiger partial charge in [-0.1, -0.05) is 50.6 Å². The number of benzene rings is 1. The summed E-state index contributed by atoms with van der Waals surface area (Å²) in [6.07, 6.45) is 0.196. The third kappa shape index (κ3) is 4.73. The molecule has 0 aliphatic heterocycles. The summed E-state index contributed by atoms with van der Waals surface area (Å²) in [5, 5.41) is 11.7. The minimum absolute atomic E-state index is 0.196. The van der Waals surface area contributed by atoms with Crippen LogP contribution in [0.1, 0.15) is 31.9 Å². The van der Waals surface area contributed by atoms with Gasteiger partial charge in [-0.05, 0) is 17.9 Å². The fourth-order valence-corrected chi connectivity index (χ4v) is 1.87. The fraction of sp³-hybridized carbons (Fsp3) is 0.467. The monoisotopic (exact) mass is 263 g/mol. The summed E-state index contributed by atoms with van der Waals surface area (Å²) in [6.45, 7) is 7.33. The first-order valence-corrected chi connectivity index (χ1v) is 6.28. The normalized spacial score (nSPS) is 12.8. The highest BCUT2D eigenvalue weighted by Gasteiger charge is 2.32. The van der Waals surface area contributed by atoms with Crippen molar-refractivity contribution in [3.8, 4) is 0 Å². The number of nitrogens with one attached hydrogen (secondary N) is 1. The van der Waals surface area contributed by atoms with E-state index in [0.29, 0.717) is 0 Å². The van der Waals surface area contributed by atoms with E-state index in [1.807, 2.05) is 31.2 Å². The molecular weight excluding hydrogens is 242 g/mol.